The molecule has 8 rings (SSSR count). The number of rotatable bonds is 12. The predicted octanol–water partition coefficient (Wildman–Crippen LogP) is 5.25. The van der Waals surface area contributed by atoms with Gasteiger partial charge in [-0.05, 0) is 93.0 Å². The highest BCUT2D eigenvalue weighted by Gasteiger charge is 2.36. The molecule has 0 bridgehead atoms. The zero-order chi connectivity index (χ0) is 37.3. The maximum absolute atomic E-state index is 14.8. The molecule has 1 fully saturated rings. The van der Waals surface area contributed by atoms with Crippen LogP contribution in [-0.2, 0) is 29.1 Å². The van der Waals surface area contributed by atoms with Crippen molar-refractivity contribution in [2.75, 3.05) is 33.5 Å². The molecule has 0 unspecified atom stereocenters. The first-order chi connectivity index (χ1) is 26.3. The number of ether oxygens (including phenoxy) is 2. The molecule has 1 N–H and O–H groups in total. The smallest absolute Gasteiger partial charge is 0.385 e. The number of H-pyrrole nitrogens is 1. The van der Waals surface area contributed by atoms with Gasteiger partial charge in [-0.25, -0.2) is 14.0 Å². The van der Waals surface area contributed by atoms with Crippen molar-refractivity contribution in [3.63, 3.8) is 0 Å². The van der Waals surface area contributed by atoms with E-state index >= 15 is 0 Å². The summed E-state index contributed by atoms with van der Waals surface area (Å²) in [5.41, 5.74) is 4.64. The summed E-state index contributed by atoms with van der Waals surface area (Å²) >= 11 is 0. The van der Waals surface area contributed by atoms with Gasteiger partial charge in [0.05, 0.1) is 24.8 Å². The molecule has 0 saturated carbocycles. The van der Waals surface area contributed by atoms with Crippen molar-refractivity contribution in [2.45, 2.75) is 70.6 Å². The maximum Gasteiger partial charge on any atom is 0.438 e. The van der Waals surface area contributed by atoms with Gasteiger partial charge >= 0.3 is 11.4 Å². The Labute approximate surface area is 309 Å². The number of nitrogens with zero attached hydrogens (tertiary/aromatic N) is 7. The zero-order valence-electron chi connectivity index (χ0n) is 30.4. The Morgan fingerprint density at radius 2 is 1.83 bits per heavy atom. The number of carbonyl (C=O) groups excluding carboxylic acids is 1. The minimum atomic E-state index is -0.672. The Hall–Kier alpha value is -5.54. The molecule has 54 heavy (non-hydrogen) atoms. The summed E-state index contributed by atoms with van der Waals surface area (Å²) in [5, 5.41) is 9.75. The van der Waals surface area contributed by atoms with Crippen LogP contribution in [0.1, 0.15) is 78.6 Å². The van der Waals surface area contributed by atoms with E-state index in [0.29, 0.717) is 79.5 Å². The molecule has 2 aliphatic rings. The molecule has 1 amide bonds. The largest absolute Gasteiger partial charge is 0.438 e. The van der Waals surface area contributed by atoms with Crippen LogP contribution in [0.5, 0.6) is 0 Å². The Morgan fingerprint density at radius 1 is 1.02 bits per heavy atom. The van der Waals surface area contributed by atoms with E-state index in [-0.39, 0.29) is 24.0 Å². The lowest BCUT2D eigenvalue weighted by Gasteiger charge is -2.34. The second-order valence-electron chi connectivity index (χ2n) is 14.0. The number of benzene rings is 2. The highest BCUT2D eigenvalue weighted by atomic mass is 19.1. The first-order valence-electron chi connectivity index (χ1n) is 18.5. The van der Waals surface area contributed by atoms with Gasteiger partial charge in [0.2, 0.25) is 0 Å². The summed E-state index contributed by atoms with van der Waals surface area (Å²) in [4.78, 5) is 45.1. The van der Waals surface area contributed by atoms with Crippen LogP contribution >= 0.6 is 0 Å². The number of aromatic nitrogens is 7. The van der Waals surface area contributed by atoms with E-state index in [9.17, 15) is 18.8 Å². The summed E-state index contributed by atoms with van der Waals surface area (Å²) in [6, 6.07) is 13.7. The average molecular weight is 739 g/mol. The summed E-state index contributed by atoms with van der Waals surface area (Å²) in [7, 11) is 1.68. The number of hydrogen-bond acceptors (Lipinski definition) is 8. The average Bonchev–Trinajstić information content (AvgIpc) is 3.96. The third kappa shape index (κ3) is 6.73. The van der Waals surface area contributed by atoms with Crippen LogP contribution in [0.25, 0.3) is 27.8 Å². The molecular formula is C39H43FN8O6. The van der Waals surface area contributed by atoms with Gasteiger partial charge < -0.3 is 18.9 Å². The molecular weight excluding hydrogens is 695 g/mol. The minimum Gasteiger partial charge on any atom is -0.385 e. The van der Waals surface area contributed by atoms with Crippen molar-refractivity contribution in [3.8, 4) is 16.9 Å². The summed E-state index contributed by atoms with van der Waals surface area (Å²) in [6.07, 6.45) is 8.02. The fourth-order valence-electron chi connectivity index (χ4n) is 7.92. The van der Waals surface area contributed by atoms with E-state index in [1.54, 1.807) is 45.7 Å². The van der Waals surface area contributed by atoms with E-state index < -0.39 is 11.8 Å². The third-order valence-corrected chi connectivity index (χ3v) is 10.7. The van der Waals surface area contributed by atoms with Crippen LogP contribution in [0.3, 0.4) is 0 Å². The monoisotopic (exact) mass is 738 g/mol. The fraction of sp³-hybridized carbons (Fsp3) is 0.410. The fourth-order valence-corrected chi connectivity index (χ4v) is 7.92. The molecule has 14 nitrogen and oxygen atoms in total. The normalized spacial score (nSPS) is 16.4. The van der Waals surface area contributed by atoms with Gasteiger partial charge in [-0.2, -0.15) is 5.10 Å². The number of imidazole rings is 1. The number of halogens is 1. The van der Waals surface area contributed by atoms with Crippen molar-refractivity contribution in [2.24, 2.45) is 0 Å². The first-order valence-corrected chi connectivity index (χ1v) is 18.5. The van der Waals surface area contributed by atoms with Crippen LogP contribution in [0.4, 0.5) is 4.39 Å². The number of nitrogens with one attached hydrogen (secondary N) is 1. The molecule has 0 spiro atoms. The molecule has 15 heteroatoms. The van der Waals surface area contributed by atoms with Crippen LogP contribution in [-0.4, -0.2) is 77.9 Å². The number of aromatic amines is 1. The van der Waals surface area contributed by atoms with E-state index in [4.69, 9.17) is 19.1 Å². The minimum absolute atomic E-state index is 0.113. The number of carbonyl (C=O) groups is 1. The number of fused-ring (bicyclic) bond motifs is 2. The highest BCUT2D eigenvalue weighted by molar-refractivity contribution is 5.99. The molecule has 2 aliphatic heterocycles. The number of unbranched alkanes of at least 4 members (excludes halogenated alkanes) is 2. The lowest BCUT2D eigenvalue weighted by atomic mass is 9.91. The number of aryl methyl sites for hydroxylation is 1. The number of methoxy groups -OCH3 is 1. The number of amides is 1. The van der Waals surface area contributed by atoms with Crippen LogP contribution in [0, 0.1) is 5.82 Å². The van der Waals surface area contributed by atoms with E-state index in [2.05, 4.69) is 22.3 Å². The van der Waals surface area contributed by atoms with E-state index in [1.807, 2.05) is 28.3 Å². The van der Waals surface area contributed by atoms with Gasteiger partial charge in [-0.3, -0.25) is 28.1 Å². The molecule has 6 heterocycles. The van der Waals surface area contributed by atoms with Crippen molar-refractivity contribution < 1.29 is 23.2 Å². The lowest BCUT2D eigenvalue weighted by molar-refractivity contribution is 0.0626. The topological polar surface area (TPSA) is 147 Å². The molecule has 4 aromatic heterocycles. The molecule has 6 aromatic rings. The van der Waals surface area contributed by atoms with Gasteiger partial charge in [0.25, 0.3) is 5.91 Å². The predicted molar refractivity (Wildman–Crippen MR) is 197 cm³/mol. The van der Waals surface area contributed by atoms with E-state index in [1.165, 1.54) is 17.7 Å². The van der Waals surface area contributed by atoms with Gasteiger partial charge in [-0.15, -0.1) is 0 Å². The van der Waals surface area contributed by atoms with Crippen LogP contribution < -0.4 is 11.4 Å². The lowest BCUT2D eigenvalue weighted by Crippen LogP contribution is -2.42. The Bertz CT molecular complexity index is 2390. The van der Waals surface area contributed by atoms with Crippen molar-refractivity contribution >= 4 is 16.8 Å². The quantitative estimate of drug-likeness (QED) is 0.168. The Morgan fingerprint density at radius 3 is 2.59 bits per heavy atom. The van der Waals surface area contributed by atoms with Crippen molar-refractivity contribution in [3.05, 3.63) is 111 Å². The summed E-state index contributed by atoms with van der Waals surface area (Å²) < 4.78 is 36.6. The standard InChI is InChI=1S/C39H43FN8O6/c1-25-35-36(46-16-15-44(39(46)51)14-4-3-5-19-52-2)34(27-6-9-30(40)10-7-27)42-48(35)18-17-45(25)37(49)32-23-29-22-28(26-12-20-53-21-13-26)8-11-31(29)47(32)24-33-41-38(50)54-43-33/h6-11,15-16,22-23,25-26H,3-5,12-14,17-21,24H2,1-2H3,(H,41,43,50)/t25-/m0/s1. The van der Waals surface area contributed by atoms with Gasteiger partial charge in [0.15, 0.2) is 5.82 Å². The molecule has 282 valence electrons. The Kier molecular flexibility index (Phi) is 9.90. The van der Waals surface area contributed by atoms with Gasteiger partial charge in [0.1, 0.15) is 22.9 Å². The second kappa shape index (κ2) is 15.1. The SMILES string of the molecule is COCCCCCn1ccn(-c2c(-c3ccc(F)cc3)nn3c2[C@H](C)N(C(=O)c2cc4cc(C5CCOCC5)ccc4n2Cc2noc(=O)[nH]2)CC3)c1=O. The first kappa shape index (κ1) is 35.5. The Balaban J connectivity index is 1.18. The summed E-state index contributed by atoms with van der Waals surface area (Å²) in [6.45, 7) is 5.42. The van der Waals surface area contributed by atoms with Crippen LogP contribution in [0.2, 0.25) is 0 Å². The second-order valence-corrected chi connectivity index (χ2v) is 14.0. The van der Waals surface area contributed by atoms with Crippen molar-refractivity contribution in [1.29, 1.82) is 0 Å². The van der Waals surface area contributed by atoms with Gasteiger partial charge in [-0.1, -0.05) is 11.2 Å². The van der Waals surface area contributed by atoms with Crippen molar-refractivity contribution in [1.82, 2.24) is 38.5 Å². The molecule has 1 atom stereocenters. The van der Waals surface area contributed by atoms with E-state index in [0.717, 1.165) is 43.0 Å². The number of hydrogen-bond donors (Lipinski definition) is 1. The highest BCUT2D eigenvalue weighted by Crippen LogP contribution is 2.38. The van der Waals surface area contributed by atoms with Crippen LogP contribution in [0.15, 0.2) is 75.0 Å². The zero-order valence-corrected chi connectivity index (χ0v) is 30.4. The molecule has 0 aliphatic carbocycles. The third-order valence-electron chi connectivity index (χ3n) is 10.7. The summed E-state index contributed by atoms with van der Waals surface area (Å²) in [5.74, 6) is -0.619. The molecule has 2 aromatic carbocycles. The molecule has 1 saturated heterocycles. The van der Waals surface area contributed by atoms with Gasteiger partial charge in [0, 0.05) is 68.9 Å². The maximum atomic E-state index is 14.8. The molecule has 0 radical (unpaired) electrons.